The number of nitrogens with zero attached hydrogens (tertiary/aromatic N) is 1. The number of oxime groups is 1. The molecule has 0 amide bonds. The zero-order chi connectivity index (χ0) is 15.0. The second kappa shape index (κ2) is 8.89. The number of aliphatic hydroxyl groups is 1. The summed E-state index contributed by atoms with van der Waals surface area (Å²) in [7, 11) is 0. The van der Waals surface area contributed by atoms with E-state index in [1.165, 1.54) is 0 Å². The Hall–Kier alpha value is -1.17. The molecule has 1 unspecified atom stereocenters. The fourth-order valence-corrected chi connectivity index (χ4v) is 1.54. The summed E-state index contributed by atoms with van der Waals surface area (Å²) in [6.07, 6.45) is -0.817. The van der Waals surface area contributed by atoms with E-state index in [9.17, 15) is 5.11 Å². The Morgan fingerprint density at radius 3 is 2.70 bits per heavy atom. The first-order valence-electron chi connectivity index (χ1n) is 6.08. The summed E-state index contributed by atoms with van der Waals surface area (Å²) in [4.78, 5) is 4.93. The van der Waals surface area contributed by atoms with Gasteiger partial charge in [-0.25, -0.2) is 0 Å². The molecule has 1 aromatic carbocycles. The number of hydrogen-bond donors (Lipinski definition) is 1. The maximum absolute atomic E-state index is 9.66. The van der Waals surface area contributed by atoms with Gasteiger partial charge in [0.05, 0.1) is 16.7 Å². The third-order valence-corrected chi connectivity index (χ3v) is 2.89. The predicted molar refractivity (Wildman–Crippen MR) is 78.7 cm³/mol. The van der Waals surface area contributed by atoms with Crippen molar-refractivity contribution in [3.63, 3.8) is 0 Å². The number of benzene rings is 1. The van der Waals surface area contributed by atoms with Gasteiger partial charge in [-0.15, -0.1) is 0 Å². The van der Waals surface area contributed by atoms with E-state index in [-0.39, 0.29) is 13.2 Å². The Morgan fingerprint density at radius 2 is 2.05 bits per heavy atom. The van der Waals surface area contributed by atoms with Crippen LogP contribution in [0.25, 0.3) is 0 Å². The Kier molecular flexibility index (Phi) is 7.51. The van der Waals surface area contributed by atoms with Gasteiger partial charge in [-0.2, -0.15) is 0 Å². The van der Waals surface area contributed by atoms with Gasteiger partial charge >= 0.3 is 0 Å². The van der Waals surface area contributed by atoms with Gasteiger partial charge in [-0.05, 0) is 19.1 Å². The number of ether oxygens (including phenoxy) is 2. The Labute approximate surface area is 128 Å². The topological polar surface area (TPSA) is 60.3 Å². The third kappa shape index (κ3) is 6.32. The molecule has 0 radical (unpaired) electrons. The van der Waals surface area contributed by atoms with Gasteiger partial charge in [0.2, 0.25) is 5.90 Å². The van der Waals surface area contributed by atoms with Crippen LogP contribution in [0.4, 0.5) is 0 Å². The molecule has 0 saturated carbocycles. The number of rotatable bonds is 7. The molecule has 0 heterocycles. The Bertz CT molecular complexity index is 454. The molecule has 0 aliphatic rings. The van der Waals surface area contributed by atoms with E-state index in [1.807, 2.05) is 6.92 Å². The second-order valence-corrected chi connectivity index (χ2v) is 4.69. The summed E-state index contributed by atoms with van der Waals surface area (Å²) in [5.41, 5.74) is 0. The molecular formula is C13H17Cl2NO4. The van der Waals surface area contributed by atoms with Crippen molar-refractivity contribution in [2.45, 2.75) is 20.0 Å². The van der Waals surface area contributed by atoms with Gasteiger partial charge in [0.1, 0.15) is 25.1 Å². The number of aliphatic hydroxyl groups excluding tert-OH is 1. The second-order valence-electron chi connectivity index (χ2n) is 3.88. The van der Waals surface area contributed by atoms with Gasteiger partial charge in [0.25, 0.3) is 0 Å². The molecule has 0 fully saturated rings. The normalized spacial score (nSPS) is 12.9. The molecule has 1 aromatic rings. The Balaban J connectivity index is 2.30. The van der Waals surface area contributed by atoms with Crippen LogP contribution in [-0.2, 0) is 9.57 Å². The molecular weight excluding hydrogens is 305 g/mol. The lowest BCUT2D eigenvalue weighted by atomic mass is 10.3. The highest BCUT2D eigenvalue weighted by atomic mass is 35.5. The molecule has 1 atom stereocenters. The van der Waals surface area contributed by atoms with E-state index < -0.39 is 6.10 Å². The smallest absolute Gasteiger partial charge is 0.222 e. The van der Waals surface area contributed by atoms with Crippen molar-refractivity contribution in [3.8, 4) is 5.75 Å². The standard InChI is InChI=1S/C13H17Cl2NO4/c1-3-18-9(2)16-20-8-10(17)7-19-11-4-5-12(14)13(15)6-11/h4-6,10,17H,3,7-8H2,1-2H3/b16-9+. The SMILES string of the molecule is CCO/C(C)=N/OCC(O)COc1ccc(Cl)c(Cl)c1. The third-order valence-electron chi connectivity index (χ3n) is 2.15. The van der Waals surface area contributed by atoms with Crippen molar-refractivity contribution in [1.29, 1.82) is 0 Å². The van der Waals surface area contributed by atoms with Crippen LogP contribution in [0.5, 0.6) is 5.75 Å². The summed E-state index contributed by atoms with van der Waals surface area (Å²) in [6, 6.07) is 4.87. The highest BCUT2D eigenvalue weighted by Crippen LogP contribution is 2.26. The number of hydrogen-bond acceptors (Lipinski definition) is 5. The van der Waals surface area contributed by atoms with Crippen LogP contribution in [0.2, 0.25) is 10.0 Å². The summed E-state index contributed by atoms with van der Waals surface area (Å²) in [6.45, 7) is 4.09. The quantitative estimate of drug-likeness (QED) is 0.476. The van der Waals surface area contributed by atoms with Crippen LogP contribution in [0, 0.1) is 0 Å². The average Bonchev–Trinajstić information content (AvgIpc) is 2.40. The number of halogens is 2. The van der Waals surface area contributed by atoms with Crippen molar-refractivity contribution < 1.29 is 19.4 Å². The van der Waals surface area contributed by atoms with E-state index in [0.29, 0.717) is 28.3 Å². The maximum Gasteiger partial charge on any atom is 0.222 e. The van der Waals surface area contributed by atoms with Crippen LogP contribution in [0.15, 0.2) is 23.4 Å². The molecule has 5 nitrogen and oxygen atoms in total. The van der Waals surface area contributed by atoms with Crippen LogP contribution in [-0.4, -0.2) is 36.9 Å². The van der Waals surface area contributed by atoms with Crippen LogP contribution < -0.4 is 4.74 Å². The lowest BCUT2D eigenvalue weighted by Gasteiger charge is -2.12. The molecule has 0 aliphatic heterocycles. The lowest BCUT2D eigenvalue weighted by Crippen LogP contribution is -2.22. The zero-order valence-corrected chi connectivity index (χ0v) is 12.8. The van der Waals surface area contributed by atoms with Crippen LogP contribution in [0.3, 0.4) is 0 Å². The van der Waals surface area contributed by atoms with Crippen molar-refractivity contribution in [3.05, 3.63) is 28.2 Å². The van der Waals surface area contributed by atoms with E-state index >= 15 is 0 Å². The molecule has 112 valence electrons. The highest BCUT2D eigenvalue weighted by molar-refractivity contribution is 6.42. The zero-order valence-electron chi connectivity index (χ0n) is 11.3. The molecule has 1 N–H and O–H groups in total. The molecule has 0 aromatic heterocycles. The van der Waals surface area contributed by atoms with Gasteiger partial charge in [0.15, 0.2) is 0 Å². The average molecular weight is 322 g/mol. The van der Waals surface area contributed by atoms with E-state index in [0.717, 1.165) is 0 Å². The van der Waals surface area contributed by atoms with Crippen molar-refractivity contribution >= 4 is 29.1 Å². The van der Waals surface area contributed by atoms with Gasteiger partial charge < -0.3 is 19.4 Å². The minimum absolute atomic E-state index is 0.00569. The lowest BCUT2D eigenvalue weighted by molar-refractivity contribution is 0.0117. The summed E-state index contributed by atoms with van der Waals surface area (Å²) < 4.78 is 10.4. The van der Waals surface area contributed by atoms with Crippen LogP contribution in [0.1, 0.15) is 13.8 Å². The predicted octanol–water partition coefficient (Wildman–Crippen LogP) is 3.12. The van der Waals surface area contributed by atoms with E-state index in [2.05, 4.69) is 5.16 Å². The molecule has 1 rings (SSSR count). The van der Waals surface area contributed by atoms with Crippen molar-refractivity contribution in [2.75, 3.05) is 19.8 Å². The minimum atomic E-state index is -0.817. The van der Waals surface area contributed by atoms with Gasteiger partial charge in [0, 0.05) is 13.0 Å². The van der Waals surface area contributed by atoms with E-state index in [1.54, 1.807) is 25.1 Å². The fourth-order valence-electron chi connectivity index (χ4n) is 1.26. The first-order chi connectivity index (χ1) is 9.52. The summed E-state index contributed by atoms with van der Waals surface area (Å²) >= 11 is 11.6. The first kappa shape index (κ1) is 16.9. The molecule has 0 saturated heterocycles. The van der Waals surface area contributed by atoms with Gasteiger partial charge in [-0.3, -0.25) is 0 Å². The summed E-state index contributed by atoms with van der Waals surface area (Å²) in [5, 5.41) is 14.2. The molecule has 0 spiro atoms. The Morgan fingerprint density at radius 1 is 1.30 bits per heavy atom. The van der Waals surface area contributed by atoms with Crippen molar-refractivity contribution in [1.82, 2.24) is 0 Å². The molecule has 7 heteroatoms. The van der Waals surface area contributed by atoms with Gasteiger partial charge in [-0.1, -0.05) is 28.4 Å². The monoisotopic (exact) mass is 321 g/mol. The maximum atomic E-state index is 9.66. The van der Waals surface area contributed by atoms with E-state index in [4.69, 9.17) is 37.5 Å². The molecule has 0 bridgehead atoms. The van der Waals surface area contributed by atoms with Crippen molar-refractivity contribution in [2.24, 2.45) is 5.16 Å². The minimum Gasteiger partial charge on any atom is -0.491 e. The molecule has 0 aliphatic carbocycles. The summed E-state index contributed by atoms with van der Waals surface area (Å²) in [5.74, 6) is 0.928. The fraction of sp³-hybridized carbons (Fsp3) is 0.462. The van der Waals surface area contributed by atoms with Crippen LogP contribution >= 0.6 is 23.2 Å². The largest absolute Gasteiger partial charge is 0.491 e. The highest BCUT2D eigenvalue weighted by Gasteiger charge is 2.07. The molecule has 20 heavy (non-hydrogen) atoms. The first-order valence-corrected chi connectivity index (χ1v) is 6.83.